The fraction of sp³-hybridized carbons (Fsp3) is 0.100. The van der Waals surface area contributed by atoms with Crippen LogP contribution >= 0.6 is 11.3 Å². The lowest BCUT2D eigenvalue weighted by atomic mass is 10.2. The number of halogens is 1. The van der Waals surface area contributed by atoms with E-state index >= 15 is 0 Å². The minimum absolute atomic E-state index is 0.272. The smallest absolute Gasteiger partial charge is 0.206 e. The van der Waals surface area contributed by atoms with E-state index in [1.54, 1.807) is 36.2 Å². The van der Waals surface area contributed by atoms with Crippen LogP contribution in [0.4, 0.5) is 4.39 Å². The summed E-state index contributed by atoms with van der Waals surface area (Å²) in [5.74, 6) is 0.521. The zero-order valence-electron chi connectivity index (χ0n) is 14.3. The van der Waals surface area contributed by atoms with Gasteiger partial charge in [-0.1, -0.05) is 18.2 Å². The monoisotopic (exact) mass is 367 g/mol. The number of hydrogen-bond donors (Lipinski definition) is 0. The molecule has 3 aromatic rings. The molecule has 26 heavy (non-hydrogen) atoms. The van der Waals surface area contributed by atoms with Gasteiger partial charge in [0.25, 0.3) is 0 Å². The van der Waals surface area contributed by atoms with Crippen molar-refractivity contribution in [1.82, 2.24) is 4.68 Å². The fourth-order valence-electron chi connectivity index (χ4n) is 2.30. The van der Waals surface area contributed by atoms with Crippen LogP contribution < -0.4 is 9.54 Å². The van der Waals surface area contributed by atoms with Gasteiger partial charge in [-0.05, 0) is 42.0 Å². The first-order chi connectivity index (χ1) is 12.7. The lowest BCUT2D eigenvalue weighted by molar-refractivity contribution is 0.415. The van der Waals surface area contributed by atoms with Gasteiger partial charge in [0, 0.05) is 10.9 Å². The van der Waals surface area contributed by atoms with Gasteiger partial charge in [0.05, 0.1) is 25.6 Å². The van der Waals surface area contributed by atoms with E-state index in [0.29, 0.717) is 6.54 Å². The third kappa shape index (κ3) is 4.15. The summed E-state index contributed by atoms with van der Waals surface area (Å²) < 4.78 is 20.1. The van der Waals surface area contributed by atoms with Crippen LogP contribution in [0, 0.1) is 5.82 Å². The minimum Gasteiger partial charge on any atom is -0.497 e. The molecule has 4 nitrogen and oxygen atoms in total. The minimum atomic E-state index is -0.272. The van der Waals surface area contributed by atoms with Crippen molar-refractivity contribution in [3.8, 4) is 17.0 Å². The number of ether oxygens (including phenoxy) is 1. The van der Waals surface area contributed by atoms with Crippen molar-refractivity contribution >= 4 is 17.6 Å². The van der Waals surface area contributed by atoms with Crippen molar-refractivity contribution < 1.29 is 9.13 Å². The molecule has 0 bridgehead atoms. The Morgan fingerprint density at radius 3 is 2.54 bits per heavy atom. The highest BCUT2D eigenvalue weighted by Gasteiger charge is 2.07. The summed E-state index contributed by atoms with van der Waals surface area (Å²) in [5, 5.41) is 6.56. The van der Waals surface area contributed by atoms with Gasteiger partial charge in [-0.15, -0.1) is 17.9 Å². The number of benzene rings is 2. The van der Waals surface area contributed by atoms with Crippen molar-refractivity contribution in [1.29, 1.82) is 0 Å². The lowest BCUT2D eigenvalue weighted by Crippen LogP contribution is -2.12. The van der Waals surface area contributed by atoms with E-state index in [2.05, 4.69) is 16.7 Å². The Morgan fingerprint density at radius 1 is 1.15 bits per heavy atom. The molecule has 0 saturated heterocycles. The standard InChI is InChI=1S/C20H18FN3OS/c1-3-12-22-20-24(23-13-15-4-8-17(21)9-5-15)19(14-26-20)16-6-10-18(25-2)11-7-16/h3-11,13-14H,1,12H2,2H3. The zero-order chi connectivity index (χ0) is 18.4. The molecule has 0 aliphatic rings. The molecule has 0 aliphatic carbocycles. The van der Waals surface area contributed by atoms with Gasteiger partial charge in [0.2, 0.25) is 4.80 Å². The van der Waals surface area contributed by atoms with Crippen molar-refractivity contribution in [3.05, 3.63) is 82.7 Å². The quantitative estimate of drug-likeness (QED) is 0.472. The molecule has 2 aromatic carbocycles. The van der Waals surface area contributed by atoms with Crippen molar-refractivity contribution in [3.63, 3.8) is 0 Å². The Balaban J connectivity index is 2.03. The summed E-state index contributed by atoms with van der Waals surface area (Å²) in [6, 6.07) is 13.9. The Morgan fingerprint density at radius 2 is 1.88 bits per heavy atom. The first kappa shape index (κ1) is 17.8. The summed E-state index contributed by atoms with van der Waals surface area (Å²) in [7, 11) is 1.64. The summed E-state index contributed by atoms with van der Waals surface area (Å²) in [6.45, 7) is 4.21. The molecule has 0 unspecified atom stereocenters. The van der Waals surface area contributed by atoms with Gasteiger partial charge in [0.1, 0.15) is 11.6 Å². The molecule has 0 aliphatic heterocycles. The van der Waals surface area contributed by atoms with E-state index in [1.165, 1.54) is 23.5 Å². The summed E-state index contributed by atoms with van der Waals surface area (Å²) >= 11 is 1.50. The molecule has 3 rings (SSSR count). The maximum atomic E-state index is 13.1. The van der Waals surface area contributed by atoms with Gasteiger partial charge in [-0.3, -0.25) is 4.99 Å². The number of thiazole rings is 1. The topological polar surface area (TPSA) is 38.9 Å². The lowest BCUT2D eigenvalue weighted by Gasteiger charge is -2.05. The third-order valence-corrected chi connectivity index (χ3v) is 4.47. The van der Waals surface area contributed by atoms with Crippen molar-refractivity contribution in [2.45, 2.75) is 0 Å². The molecule has 0 radical (unpaired) electrons. The number of aromatic nitrogens is 1. The third-order valence-electron chi connectivity index (χ3n) is 3.62. The molecular weight excluding hydrogens is 349 g/mol. The highest BCUT2D eigenvalue weighted by Crippen LogP contribution is 2.23. The Bertz CT molecular complexity index is 970. The predicted octanol–water partition coefficient (Wildman–Crippen LogP) is 4.33. The second-order valence-corrected chi connectivity index (χ2v) is 6.21. The highest BCUT2D eigenvalue weighted by molar-refractivity contribution is 7.07. The maximum Gasteiger partial charge on any atom is 0.206 e. The van der Waals surface area contributed by atoms with E-state index < -0.39 is 0 Å². The van der Waals surface area contributed by atoms with E-state index in [4.69, 9.17) is 4.74 Å². The first-order valence-corrected chi connectivity index (χ1v) is 8.85. The Hall–Kier alpha value is -2.99. The van der Waals surface area contributed by atoms with E-state index in [-0.39, 0.29) is 5.82 Å². The average molecular weight is 367 g/mol. The molecule has 0 N–H and O–H groups in total. The summed E-state index contributed by atoms with van der Waals surface area (Å²) in [6.07, 6.45) is 3.42. The summed E-state index contributed by atoms with van der Waals surface area (Å²) in [5.41, 5.74) is 2.72. The largest absolute Gasteiger partial charge is 0.497 e. The number of nitrogens with zero attached hydrogens (tertiary/aromatic N) is 3. The predicted molar refractivity (Wildman–Crippen MR) is 104 cm³/mol. The SMILES string of the molecule is C=CCN=c1scc(-c2ccc(OC)cc2)n1N=Cc1ccc(F)cc1. The zero-order valence-corrected chi connectivity index (χ0v) is 15.1. The molecule has 1 aromatic heterocycles. The van der Waals surface area contributed by atoms with Gasteiger partial charge in [0.15, 0.2) is 0 Å². The molecule has 6 heteroatoms. The van der Waals surface area contributed by atoms with Crippen LogP contribution in [0.1, 0.15) is 5.56 Å². The van der Waals surface area contributed by atoms with Crippen LogP contribution in [0.3, 0.4) is 0 Å². The van der Waals surface area contributed by atoms with Crippen molar-refractivity contribution in [2.75, 3.05) is 13.7 Å². The normalized spacial score (nSPS) is 11.8. The van der Waals surface area contributed by atoms with E-state index in [9.17, 15) is 4.39 Å². The number of rotatable bonds is 6. The van der Waals surface area contributed by atoms with Crippen LogP contribution in [-0.4, -0.2) is 24.5 Å². The van der Waals surface area contributed by atoms with Crippen LogP contribution in [0.2, 0.25) is 0 Å². The molecule has 0 amide bonds. The molecule has 0 spiro atoms. The highest BCUT2D eigenvalue weighted by atomic mass is 32.1. The summed E-state index contributed by atoms with van der Waals surface area (Å²) in [4.78, 5) is 5.25. The second kappa shape index (κ2) is 8.40. The second-order valence-electron chi connectivity index (χ2n) is 5.37. The Kier molecular flexibility index (Phi) is 5.76. The van der Waals surface area contributed by atoms with Gasteiger partial charge >= 0.3 is 0 Å². The molecule has 132 valence electrons. The molecule has 0 fully saturated rings. The Labute approximate surface area is 155 Å². The van der Waals surface area contributed by atoms with Crippen LogP contribution in [-0.2, 0) is 0 Å². The van der Waals surface area contributed by atoms with Crippen LogP contribution in [0.5, 0.6) is 5.75 Å². The van der Waals surface area contributed by atoms with Crippen molar-refractivity contribution in [2.24, 2.45) is 10.1 Å². The van der Waals surface area contributed by atoms with E-state index in [0.717, 1.165) is 27.4 Å². The molecule has 0 saturated carbocycles. The van der Waals surface area contributed by atoms with Gasteiger partial charge in [-0.25, -0.2) is 9.07 Å². The van der Waals surface area contributed by atoms with E-state index in [1.807, 2.05) is 29.6 Å². The molecular formula is C20H18FN3OS. The first-order valence-electron chi connectivity index (χ1n) is 7.97. The number of methoxy groups -OCH3 is 1. The van der Waals surface area contributed by atoms with Crippen LogP contribution in [0.25, 0.3) is 11.3 Å². The fourth-order valence-corrected chi connectivity index (χ4v) is 3.14. The van der Waals surface area contributed by atoms with Gasteiger partial charge < -0.3 is 4.74 Å². The number of hydrogen-bond acceptors (Lipinski definition) is 4. The molecule has 1 heterocycles. The van der Waals surface area contributed by atoms with Gasteiger partial charge in [-0.2, -0.15) is 5.10 Å². The maximum absolute atomic E-state index is 13.1. The van der Waals surface area contributed by atoms with Crippen LogP contribution in [0.15, 0.2) is 76.7 Å². The molecule has 0 atom stereocenters. The average Bonchev–Trinajstić information content (AvgIpc) is 3.08.